The molecule has 1 aliphatic heterocycles. The lowest BCUT2D eigenvalue weighted by atomic mass is 9.75. The van der Waals surface area contributed by atoms with Crippen molar-refractivity contribution in [3.63, 3.8) is 0 Å². The van der Waals surface area contributed by atoms with E-state index in [1.165, 1.54) is 6.42 Å². The van der Waals surface area contributed by atoms with E-state index >= 15 is 0 Å². The van der Waals surface area contributed by atoms with Gasteiger partial charge in [-0.15, -0.1) is 11.3 Å². The van der Waals surface area contributed by atoms with Crippen LogP contribution in [-0.4, -0.2) is 16.6 Å². The fourth-order valence-corrected chi connectivity index (χ4v) is 4.84. The van der Waals surface area contributed by atoms with Gasteiger partial charge >= 0.3 is 5.97 Å². The Hall–Kier alpha value is -1.39. The van der Waals surface area contributed by atoms with Crippen molar-refractivity contribution in [3.05, 3.63) is 40.4 Å². The minimum absolute atomic E-state index is 0.0713. The second-order valence-corrected chi connectivity index (χ2v) is 7.74. The highest BCUT2D eigenvalue weighted by Gasteiger charge is 2.50. The number of halogens is 1. The van der Waals surface area contributed by atoms with Crippen LogP contribution in [0.3, 0.4) is 0 Å². The zero-order valence-electron chi connectivity index (χ0n) is 12.8. The third-order valence-corrected chi connectivity index (χ3v) is 6.15. The molecule has 3 nitrogen and oxygen atoms in total. The van der Waals surface area contributed by atoms with Gasteiger partial charge in [-0.05, 0) is 37.8 Å². The topological polar surface area (TPSA) is 39.2 Å². The lowest BCUT2D eigenvalue weighted by Crippen LogP contribution is -2.36. The van der Waals surface area contributed by atoms with Crippen LogP contribution < -0.4 is 0 Å². The normalized spacial score (nSPS) is 23.2. The van der Waals surface area contributed by atoms with Crippen molar-refractivity contribution < 1.29 is 9.53 Å². The van der Waals surface area contributed by atoms with Gasteiger partial charge in [0.1, 0.15) is 10.6 Å². The van der Waals surface area contributed by atoms with E-state index in [0.717, 1.165) is 47.0 Å². The Morgan fingerprint density at radius 2 is 1.91 bits per heavy atom. The number of carbonyl (C=O) groups is 1. The van der Waals surface area contributed by atoms with E-state index in [4.69, 9.17) is 21.3 Å². The lowest BCUT2D eigenvalue weighted by molar-refractivity contribution is -0.151. The van der Waals surface area contributed by atoms with Gasteiger partial charge in [0.05, 0.1) is 18.0 Å². The minimum atomic E-state index is -0.305. The Morgan fingerprint density at radius 3 is 2.65 bits per heavy atom. The van der Waals surface area contributed by atoms with E-state index in [1.54, 1.807) is 11.3 Å². The van der Waals surface area contributed by atoms with Crippen LogP contribution in [0.4, 0.5) is 0 Å². The first-order valence-electron chi connectivity index (χ1n) is 8.09. The quantitative estimate of drug-likeness (QED) is 0.701. The maximum Gasteiger partial charge on any atom is 0.307 e. The molecule has 0 radical (unpaired) electrons. The van der Waals surface area contributed by atoms with E-state index in [1.807, 2.05) is 24.3 Å². The smallest absolute Gasteiger partial charge is 0.307 e. The van der Waals surface area contributed by atoms with Crippen molar-refractivity contribution >= 4 is 28.9 Å². The summed E-state index contributed by atoms with van der Waals surface area (Å²) in [6.45, 7) is 0. The van der Waals surface area contributed by atoms with Crippen molar-refractivity contribution in [2.24, 2.45) is 0 Å². The molecule has 2 aromatic rings. The molecule has 1 saturated heterocycles. The standard InChI is InChI=1S/C18H18ClNO2S/c19-13-6-4-12(5-7-13)17-20-15(11-23-17)14-10-16(21)22-18(14)8-2-1-3-9-18/h4-7,11,14H,1-3,8-10H2. The molecular formula is C18H18ClNO2S. The number of thiazole rings is 1. The molecule has 1 atom stereocenters. The van der Waals surface area contributed by atoms with Crippen LogP contribution in [0.1, 0.15) is 50.1 Å². The van der Waals surface area contributed by atoms with Gasteiger partial charge in [-0.25, -0.2) is 4.98 Å². The Balaban J connectivity index is 1.65. The molecule has 2 heterocycles. The summed E-state index contributed by atoms with van der Waals surface area (Å²) in [5.74, 6) is 0.0329. The predicted molar refractivity (Wildman–Crippen MR) is 91.8 cm³/mol. The first-order valence-corrected chi connectivity index (χ1v) is 9.35. The van der Waals surface area contributed by atoms with Gasteiger partial charge in [0.25, 0.3) is 0 Å². The summed E-state index contributed by atoms with van der Waals surface area (Å²) in [5.41, 5.74) is 1.77. The van der Waals surface area contributed by atoms with Crippen molar-refractivity contribution in [3.8, 4) is 10.6 Å². The average Bonchev–Trinajstić information content (AvgIpc) is 3.14. The first kappa shape index (κ1) is 15.2. The summed E-state index contributed by atoms with van der Waals surface area (Å²) >= 11 is 7.57. The largest absolute Gasteiger partial charge is 0.458 e. The Morgan fingerprint density at radius 1 is 1.17 bits per heavy atom. The van der Waals surface area contributed by atoms with Crippen LogP contribution >= 0.6 is 22.9 Å². The molecule has 2 aliphatic rings. The minimum Gasteiger partial charge on any atom is -0.458 e. The number of carbonyl (C=O) groups excluding carboxylic acids is 1. The Kier molecular flexibility index (Phi) is 3.90. The molecule has 4 rings (SSSR count). The Bertz CT molecular complexity index is 719. The molecule has 5 heteroatoms. The van der Waals surface area contributed by atoms with E-state index in [-0.39, 0.29) is 17.5 Å². The third kappa shape index (κ3) is 2.79. The zero-order valence-corrected chi connectivity index (χ0v) is 14.3. The summed E-state index contributed by atoms with van der Waals surface area (Å²) in [6.07, 6.45) is 5.91. The van der Waals surface area contributed by atoms with Crippen LogP contribution in [0.25, 0.3) is 10.6 Å². The number of hydrogen-bond acceptors (Lipinski definition) is 4. The molecule has 0 N–H and O–H groups in total. The number of esters is 1. The molecule has 1 spiro atoms. The van der Waals surface area contributed by atoms with Gasteiger partial charge in [0, 0.05) is 16.0 Å². The second-order valence-electron chi connectivity index (χ2n) is 6.44. The lowest BCUT2D eigenvalue weighted by Gasteiger charge is -2.36. The maximum atomic E-state index is 12.0. The van der Waals surface area contributed by atoms with E-state index in [2.05, 4.69) is 5.38 Å². The highest BCUT2D eigenvalue weighted by molar-refractivity contribution is 7.13. The monoisotopic (exact) mass is 347 g/mol. The van der Waals surface area contributed by atoms with Crippen molar-refractivity contribution in [2.75, 3.05) is 0 Å². The van der Waals surface area contributed by atoms with Crippen LogP contribution in [0.2, 0.25) is 5.02 Å². The molecular weight excluding hydrogens is 330 g/mol. The third-order valence-electron chi connectivity index (χ3n) is 4.99. The summed E-state index contributed by atoms with van der Waals surface area (Å²) in [7, 11) is 0. The Labute approximate surface area is 144 Å². The molecule has 1 saturated carbocycles. The zero-order chi connectivity index (χ0) is 15.9. The van der Waals surface area contributed by atoms with E-state index in [0.29, 0.717) is 6.42 Å². The fraction of sp³-hybridized carbons (Fsp3) is 0.444. The van der Waals surface area contributed by atoms with Crippen molar-refractivity contribution in [1.82, 2.24) is 4.98 Å². The number of rotatable bonds is 2. The van der Waals surface area contributed by atoms with Crippen molar-refractivity contribution in [2.45, 2.75) is 50.0 Å². The number of hydrogen-bond donors (Lipinski definition) is 0. The second kappa shape index (κ2) is 5.91. The summed E-state index contributed by atoms with van der Waals surface area (Å²) in [5, 5.41) is 3.79. The van der Waals surface area contributed by atoms with Gasteiger partial charge in [-0.1, -0.05) is 30.2 Å². The molecule has 1 aromatic carbocycles. The molecule has 1 aliphatic carbocycles. The van der Waals surface area contributed by atoms with Crippen LogP contribution in [-0.2, 0) is 9.53 Å². The van der Waals surface area contributed by atoms with Gasteiger partial charge in [-0.2, -0.15) is 0 Å². The van der Waals surface area contributed by atoms with Gasteiger partial charge < -0.3 is 4.74 Å². The van der Waals surface area contributed by atoms with Gasteiger partial charge in [-0.3, -0.25) is 4.79 Å². The maximum absolute atomic E-state index is 12.0. The molecule has 0 bridgehead atoms. The van der Waals surface area contributed by atoms with Crippen molar-refractivity contribution in [1.29, 1.82) is 0 Å². The van der Waals surface area contributed by atoms with Crippen LogP contribution in [0, 0.1) is 0 Å². The average molecular weight is 348 g/mol. The van der Waals surface area contributed by atoms with E-state index < -0.39 is 0 Å². The summed E-state index contributed by atoms with van der Waals surface area (Å²) < 4.78 is 5.80. The molecule has 120 valence electrons. The number of benzene rings is 1. The highest BCUT2D eigenvalue weighted by atomic mass is 35.5. The highest BCUT2D eigenvalue weighted by Crippen LogP contribution is 2.49. The number of ether oxygens (including phenoxy) is 1. The molecule has 1 aromatic heterocycles. The first-order chi connectivity index (χ1) is 11.2. The van der Waals surface area contributed by atoms with Gasteiger partial charge in [0.15, 0.2) is 0 Å². The van der Waals surface area contributed by atoms with Crippen LogP contribution in [0.15, 0.2) is 29.6 Å². The molecule has 2 fully saturated rings. The van der Waals surface area contributed by atoms with Crippen LogP contribution in [0.5, 0.6) is 0 Å². The van der Waals surface area contributed by atoms with E-state index in [9.17, 15) is 4.79 Å². The number of nitrogens with zero attached hydrogens (tertiary/aromatic N) is 1. The molecule has 23 heavy (non-hydrogen) atoms. The predicted octanol–water partition coefficient (Wildman–Crippen LogP) is 5.20. The fourth-order valence-electron chi connectivity index (χ4n) is 3.84. The SMILES string of the molecule is O=C1CC(c2csc(-c3ccc(Cl)cc3)n2)C2(CCCCC2)O1. The summed E-state index contributed by atoms with van der Waals surface area (Å²) in [4.78, 5) is 16.8. The molecule has 0 amide bonds. The number of aromatic nitrogens is 1. The summed E-state index contributed by atoms with van der Waals surface area (Å²) in [6, 6.07) is 7.72. The molecule has 1 unspecified atom stereocenters. The van der Waals surface area contributed by atoms with Gasteiger partial charge in [0.2, 0.25) is 0 Å².